The summed E-state index contributed by atoms with van der Waals surface area (Å²) in [5.41, 5.74) is 0.897. The molecule has 0 saturated carbocycles. The van der Waals surface area contributed by atoms with E-state index >= 15 is 0 Å². The maximum Gasteiger partial charge on any atom is 0.164 e. The van der Waals surface area contributed by atoms with Crippen LogP contribution in [0.1, 0.15) is 17.4 Å². The van der Waals surface area contributed by atoms with Crippen molar-refractivity contribution in [2.45, 2.75) is 6.04 Å². The fourth-order valence-electron chi connectivity index (χ4n) is 2.22. The molecule has 1 heterocycles. The summed E-state index contributed by atoms with van der Waals surface area (Å²) in [6.07, 6.45) is 1.64. The van der Waals surface area contributed by atoms with Crippen LogP contribution in [0.4, 0.5) is 0 Å². The highest BCUT2D eigenvalue weighted by Gasteiger charge is 2.24. The predicted molar refractivity (Wildman–Crippen MR) is 83.4 cm³/mol. The normalized spacial score (nSPS) is 12.0. The molecule has 1 unspecified atom stereocenters. The highest BCUT2D eigenvalue weighted by molar-refractivity contribution is 9.10. The van der Waals surface area contributed by atoms with Gasteiger partial charge in [0.1, 0.15) is 11.5 Å². The predicted octanol–water partition coefficient (Wildman–Crippen LogP) is 3.38. The van der Waals surface area contributed by atoms with E-state index in [1.165, 1.54) is 0 Å². The third-order valence-electron chi connectivity index (χ3n) is 3.24. The molecule has 0 fully saturated rings. The largest absolute Gasteiger partial charge is 0.496 e. The van der Waals surface area contributed by atoms with Gasteiger partial charge in [-0.15, -0.1) is 0 Å². The van der Waals surface area contributed by atoms with E-state index in [1.54, 1.807) is 33.7 Å². The topological polar surface area (TPSA) is 52.9 Å². The Morgan fingerprint density at radius 1 is 1.05 bits per heavy atom. The summed E-state index contributed by atoms with van der Waals surface area (Å²) in [6, 6.07) is 5.36. The highest BCUT2D eigenvalue weighted by atomic mass is 79.9. The van der Waals surface area contributed by atoms with Crippen molar-refractivity contribution < 1.29 is 18.6 Å². The van der Waals surface area contributed by atoms with Gasteiger partial charge in [-0.1, -0.05) is 0 Å². The lowest BCUT2D eigenvalue weighted by Gasteiger charge is -2.20. The molecule has 0 spiro atoms. The Morgan fingerprint density at radius 3 is 2.14 bits per heavy atom. The zero-order valence-electron chi connectivity index (χ0n) is 12.4. The molecule has 1 aromatic heterocycles. The van der Waals surface area contributed by atoms with Gasteiger partial charge in [0.25, 0.3) is 0 Å². The number of hydrogen-bond donors (Lipinski definition) is 1. The molecule has 2 aromatic rings. The van der Waals surface area contributed by atoms with Gasteiger partial charge >= 0.3 is 0 Å². The van der Waals surface area contributed by atoms with Crippen molar-refractivity contribution in [3.8, 4) is 17.2 Å². The monoisotopic (exact) mass is 355 g/mol. The molecular weight excluding hydrogens is 338 g/mol. The lowest BCUT2D eigenvalue weighted by molar-refractivity contribution is 0.345. The fourth-order valence-corrected chi connectivity index (χ4v) is 2.65. The first-order chi connectivity index (χ1) is 10.2. The molecule has 0 saturated heterocycles. The first-order valence-corrected chi connectivity index (χ1v) is 7.15. The first-order valence-electron chi connectivity index (χ1n) is 6.36. The second-order valence-corrected chi connectivity index (χ2v) is 5.16. The molecule has 1 aromatic carbocycles. The van der Waals surface area contributed by atoms with E-state index in [0.29, 0.717) is 17.2 Å². The molecule has 0 aliphatic carbocycles. The average molecular weight is 356 g/mol. The number of benzene rings is 1. The zero-order chi connectivity index (χ0) is 15.4. The summed E-state index contributed by atoms with van der Waals surface area (Å²) < 4.78 is 22.6. The molecule has 6 heteroatoms. The van der Waals surface area contributed by atoms with Crippen LogP contribution in [0.3, 0.4) is 0 Å². The summed E-state index contributed by atoms with van der Waals surface area (Å²) in [6.45, 7) is 0. The maximum atomic E-state index is 5.56. The summed E-state index contributed by atoms with van der Waals surface area (Å²) >= 11 is 3.48. The van der Waals surface area contributed by atoms with Crippen molar-refractivity contribution in [1.29, 1.82) is 0 Å². The van der Waals surface area contributed by atoms with Gasteiger partial charge in [-0.2, -0.15) is 0 Å². The molecule has 2 rings (SSSR count). The lowest BCUT2D eigenvalue weighted by Crippen LogP contribution is -2.18. The number of ether oxygens (including phenoxy) is 3. The van der Waals surface area contributed by atoms with Gasteiger partial charge < -0.3 is 23.9 Å². The summed E-state index contributed by atoms with van der Waals surface area (Å²) in [5.74, 6) is 2.71. The van der Waals surface area contributed by atoms with Crippen LogP contribution in [0.15, 0.2) is 33.4 Å². The Labute approximate surface area is 132 Å². The van der Waals surface area contributed by atoms with Crippen molar-refractivity contribution in [2.75, 3.05) is 28.4 Å². The second-order valence-electron chi connectivity index (χ2n) is 4.30. The van der Waals surface area contributed by atoms with Crippen LogP contribution in [0, 0.1) is 0 Å². The molecule has 1 atom stereocenters. The Hall–Kier alpha value is -1.66. The van der Waals surface area contributed by atoms with Crippen LogP contribution < -0.4 is 19.5 Å². The first kappa shape index (κ1) is 15.7. The number of methoxy groups -OCH3 is 3. The molecule has 0 aliphatic rings. The van der Waals surface area contributed by atoms with Gasteiger partial charge in [0.05, 0.1) is 38.1 Å². The number of furan rings is 1. The van der Waals surface area contributed by atoms with Gasteiger partial charge in [0, 0.05) is 11.6 Å². The summed E-state index contributed by atoms with van der Waals surface area (Å²) in [7, 11) is 6.67. The SMILES string of the molecule is CNC(c1cc(OC)c(OC)cc1OC)c1occc1Br. The minimum atomic E-state index is -0.177. The van der Waals surface area contributed by atoms with Crippen molar-refractivity contribution in [3.05, 3.63) is 40.3 Å². The molecule has 0 amide bonds. The van der Waals surface area contributed by atoms with Gasteiger partial charge in [-0.05, 0) is 35.1 Å². The van der Waals surface area contributed by atoms with Crippen LogP contribution in [0.2, 0.25) is 0 Å². The Kier molecular flexibility index (Phi) is 5.14. The minimum absolute atomic E-state index is 0.177. The van der Waals surface area contributed by atoms with E-state index in [-0.39, 0.29) is 6.04 Å². The van der Waals surface area contributed by atoms with Crippen molar-refractivity contribution >= 4 is 15.9 Å². The number of hydrogen-bond acceptors (Lipinski definition) is 5. The summed E-state index contributed by atoms with van der Waals surface area (Å²) in [4.78, 5) is 0. The molecule has 114 valence electrons. The van der Waals surface area contributed by atoms with Gasteiger partial charge in [0.15, 0.2) is 11.5 Å². The Balaban J connectivity index is 2.57. The van der Waals surface area contributed by atoms with E-state index in [1.807, 2.05) is 19.2 Å². The highest BCUT2D eigenvalue weighted by Crippen LogP contribution is 2.40. The maximum absolute atomic E-state index is 5.56. The number of rotatable bonds is 6. The molecule has 0 bridgehead atoms. The summed E-state index contributed by atoms with van der Waals surface area (Å²) in [5, 5.41) is 3.22. The number of nitrogens with one attached hydrogen (secondary N) is 1. The van der Waals surface area contributed by atoms with E-state index in [4.69, 9.17) is 18.6 Å². The van der Waals surface area contributed by atoms with Crippen LogP contribution in [-0.4, -0.2) is 28.4 Å². The zero-order valence-corrected chi connectivity index (χ0v) is 14.0. The smallest absolute Gasteiger partial charge is 0.164 e. The second kappa shape index (κ2) is 6.87. The standard InChI is InChI=1S/C15H18BrNO4/c1-17-14(15-10(16)5-6-21-15)9-7-12(19-3)13(20-4)8-11(9)18-2/h5-8,14,17H,1-4H3. The number of halogens is 1. The average Bonchev–Trinajstić information content (AvgIpc) is 2.93. The Bertz CT molecular complexity index is 612. The molecule has 1 N–H and O–H groups in total. The molecule has 0 radical (unpaired) electrons. The van der Waals surface area contributed by atoms with E-state index in [2.05, 4.69) is 21.2 Å². The molecular formula is C15H18BrNO4. The van der Waals surface area contributed by atoms with E-state index < -0.39 is 0 Å². The third kappa shape index (κ3) is 3.01. The van der Waals surface area contributed by atoms with Crippen LogP contribution in [-0.2, 0) is 0 Å². The molecule has 0 aliphatic heterocycles. The van der Waals surface area contributed by atoms with E-state index in [0.717, 1.165) is 15.8 Å². The van der Waals surface area contributed by atoms with Crippen LogP contribution in [0.25, 0.3) is 0 Å². The minimum Gasteiger partial charge on any atom is -0.496 e. The quantitative estimate of drug-likeness (QED) is 0.860. The molecule has 5 nitrogen and oxygen atoms in total. The van der Waals surface area contributed by atoms with E-state index in [9.17, 15) is 0 Å². The Morgan fingerprint density at radius 2 is 1.67 bits per heavy atom. The fraction of sp³-hybridized carbons (Fsp3) is 0.333. The van der Waals surface area contributed by atoms with Crippen molar-refractivity contribution in [1.82, 2.24) is 5.32 Å². The van der Waals surface area contributed by atoms with Gasteiger partial charge in [-0.3, -0.25) is 0 Å². The van der Waals surface area contributed by atoms with Crippen LogP contribution in [0.5, 0.6) is 17.2 Å². The van der Waals surface area contributed by atoms with Crippen molar-refractivity contribution in [2.24, 2.45) is 0 Å². The van der Waals surface area contributed by atoms with Gasteiger partial charge in [-0.25, -0.2) is 0 Å². The third-order valence-corrected chi connectivity index (χ3v) is 3.90. The van der Waals surface area contributed by atoms with Crippen LogP contribution >= 0.6 is 15.9 Å². The van der Waals surface area contributed by atoms with Gasteiger partial charge in [0.2, 0.25) is 0 Å². The lowest BCUT2D eigenvalue weighted by atomic mass is 10.0. The van der Waals surface area contributed by atoms with Crippen molar-refractivity contribution in [3.63, 3.8) is 0 Å². The molecule has 21 heavy (non-hydrogen) atoms.